The molecule has 3 rings (SSSR count). The molecule has 146 valence electrons. The molecule has 2 aliphatic rings. The molecule has 1 fully saturated rings. The molecule has 1 heterocycles. The number of amides is 3. The van der Waals surface area contributed by atoms with Crippen molar-refractivity contribution in [1.82, 2.24) is 10.6 Å². The summed E-state index contributed by atoms with van der Waals surface area (Å²) < 4.78 is 18.9. The van der Waals surface area contributed by atoms with E-state index in [1.165, 1.54) is 18.2 Å². The number of aliphatic hydroxyl groups is 1. The molecule has 7 nitrogen and oxygen atoms in total. The fourth-order valence-electron chi connectivity index (χ4n) is 2.86. The van der Waals surface area contributed by atoms with E-state index in [2.05, 4.69) is 16.0 Å². The Balaban J connectivity index is 1.49. The molecule has 3 amide bonds. The quantitative estimate of drug-likeness (QED) is 0.542. The van der Waals surface area contributed by atoms with Crippen molar-refractivity contribution < 1.29 is 23.8 Å². The van der Waals surface area contributed by atoms with Crippen LogP contribution in [0.25, 0.3) is 0 Å². The Kier molecular flexibility index (Phi) is 6.41. The van der Waals surface area contributed by atoms with Crippen molar-refractivity contribution in [2.24, 2.45) is 5.92 Å². The Hall–Kier alpha value is -2.45. The molecule has 1 aliphatic carbocycles. The molecule has 0 radical (unpaired) electrons. The number of nitrogens with one attached hydrogen (secondary N) is 3. The summed E-state index contributed by atoms with van der Waals surface area (Å²) in [6, 6.07) is 4.43. The zero-order valence-electron chi connectivity index (χ0n) is 14.9. The van der Waals surface area contributed by atoms with Crippen LogP contribution in [0.1, 0.15) is 19.3 Å². The van der Waals surface area contributed by atoms with Crippen molar-refractivity contribution in [2.45, 2.75) is 37.5 Å². The number of ether oxygens (including phenoxy) is 1. The minimum Gasteiger partial charge on any atom is -0.394 e. The molecule has 0 bridgehead atoms. The number of hydrogen-bond acceptors (Lipinski definition) is 4. The highest BCUT2D eigenvalue weighted by molar-refractivity contribution is 5.89. The van der Waals surface area contributed by atoms with Crippen LogP contribution < -0.4 is 16.0 Å². The summed E-state index contributed by atoms with van der Waals surface area (Å²) in [7, 11) is 0. The summed E-state index contributed by atoms with van der Waals surface area (Å²) in [6.07, 6.45) is 4.78. The molecule has 1 aliphatic heterocycles. The molecule has 0 spiro atoms. The zero-order chi connectivity index (χ0) is 19.2. The Morgan fingerprint density at radius 1 is 1.26 bits per heavy atom. The fraction of sp³-hybridized carbons (Fsp3) is 0.474. The molecule has 0 aromatic heterocycles. The summed E-state index contributed by atoms with van der Waals surface area (Å²) >= 11 is 0. The van der Waals surface area contributed by atoms with Gasteiger partial charge in [-0.2, -0.15) is 0 Å². The molecule has 1 aromatic carbocycles. The second-order valence-corrected chi connectivity index (χ2v) is 6.87. The molecule has 3 atom stereocenters. The van der Waals surface area contributed by atoms with Crippen molar-refractivity contribution in [3.05, 3.63) is 42.2 Å². The Bertz CT molecular complexity index is 708. The second-order valence-electron chi connectivity index (χ2n) is 6.87. The molecule has 1 saturated carbocycles. The van der Waals surface area contributed by atoms with E-state index < -0.39 is 30.1 Å². The summed E-state index contributed by atoms with van der Waals surface area (Å²) in [5.74, 6) is 0.0559. The summed E-state index contributed by atoms with van der Waals surface area (Å²) in [5.41, 5.74) is 0.318. The number of aliphatic hydroxyl groups excluding tert-OH is 1. The van der Waals surface area contributed by atoms with Gasteiger partial charge < -0.3 is 25.8 Å². The number of carbonyl (C=O) groups excluding carboxylic acids is 2. The van der Waals surface area contributed by atoms with Crippen LogP contribution in [0.3, 0.4) is 0 Å². The lowest BCUT2D eigenvalue weighted by Crippen LogP contribution is -2.50. The number of carbonyl (C=O) groups is 2. The van der Waals surface area contributed by atoms with Gasteiger partial charge >= 0.3 is 6.03 Å². The Morgan fingerprint density at radius 3 is 2.78 bits per heavy atom. The van der Waals surface area contributed by atoms with Crippen LogP contribution in [0.4, 0.5) is 14.9 Å². The molecular weight excluding hydrogens is 353 g/mol. The lowest BCUT2D eigenvalue weighted by Gasteiger charge is -2.31. The average Bonchev–Trinajstić information content (AvgIpc) is 3.45. The highest BCUT2D eigenvalue weighted by atomic mass is 19.1. The third-order valence-electron chi connectivity index (χ3n) is 4.51. The highest BCUT2D eigenvalue weighted by Gasteiger charge is 2.29. The van der Waals surface area contributed by atoms with Gasteiger partial charge in [0.25, 0.3) is 0 Å². The summed E-state index contributed by atoms with van der Waals surface area (Å²) in [4.78, 5) is 24.0. The van der Waals surface area contributed by atoms with E-state index in [4.69, 9.17) is 4.74 Å². The predicted molar refractivity (Wildman–Crippen MR) is 97.6 cm³/mol. The third kappa shape index (κ3) is 6.04. The molecule has 0 saturated heterocycles. The maximum absolute atomic E-state index is 13.2. The highest BCUT2D eigenvalue weighted by Crippen LogP contribution is 2.27. The number of rotatable bonds is 7. The van der Waals surface area contributed by atoms with Crippen LogP contribution in [-0.4, -0.2) is 48.4 Å². The van der Waals surface area contributed by atoms with E-state index in [-0.39, 0.29) is 18.9 Å². The topological polar surface area (TPSA) is 99.7 Å². The van der Waals surface area contributed by atoms with Crippen molar-refractivity contribution in [3.8, 4) is 0 Å². The zero-order valence-corrected chi connectivity index (χ0v) is 14.9. The first-order chi connectivity index (χ1) is 13.0. The third-order valence-corrected chi connectivity index (χ3v) is 4.51. The first-order valence-electron chi connectivity index (χ1n) is 9.08. The first kappa shape index (κ1) is 19.3. The lowest BCUT2D eigenvalue weighted by molar-refractivity contribution is -0.125. The Labute approximate surface area is 157 Å². The van der Waals surface area contributed by atoms with E-state index in [0.29, 0.717) is 18.2 Å². The standard InChI is InChI=1S/C19H24FN3O4/c20-13-2-1-3-14(8-13)22-19(26)23-16-7-6-15(27-17(16)11-24)9-18(25)21-10-12-4-5-12/h1-3,6-8,12,15-17,24H,4-5,9-11H2,(H,21,25)(H2,22,23,26)/t15-,16+,17+/m1/s1. The van der Waals surface area contributed by atoms with E-state index in [1.54, 1.807) is 18.2 Å². The molecule has 27 heavy (non-hydrogen) atoms. The normalized spacial score (nSPS) is 24.3. The summed E-state index contributed by atoms with van der Waals surface area (Å²) in [6.45, 7) is 0.387. The van der Waals surface area contributed by atoms with E-state index in [1.807, 2.05) is 0 Å². The van der Waals surface area contributed by atoms with E-state index in [9.17, 15) is 19.1 Å². The number of urea groups is 1. The minimum absolute atomic E-state index is 0.0940. The number of halogens is 1. The van der Waals surface area contributed by atoms with Gasteiger partial charge in [-0.05, 0) is 37.0 Å². The maximum atomic E-state index is 13.2. The second kappa shape index (κ2) is 8.96. The van der Waals surface area contributed by atoms with Crippen LogP contribution in [0.2, 0.25) is 0 Å². The van der Waals surface area contributed by atoms with Gasteiger partial charge in [-0.1, -0.05) is 18.2 Å². The van der Waals surface area contributed by atoms with Crippen molar-refractivity contribution >= 4 is 17.6 Å². The van der Waals surface area contributed by atoms with Crippen LogP contribution >= 0.6 is 0 Å². The predicted octanol–water partition coefficient (Wildman–Crippen LogP) is 1.55. The van der Waals surface area contributed by atoms with Gasteiger partial charge in [0.05, 0.1) is 25.2 Å². The van der Waals surface area contributed by atoms with Crippen LogP contribution in [0.5, 0.6) is 0 Å². The largest absolute Gasteiger partial charge is 0.394 e. The number of anilines is 1. The SMILES string of the molecule is O=C(C[C@H]1C=C[C@H](NC(=O)Nc2cccc(F)c2)[C@H](CO)O1)NCC1CC1. The molecule has 8 heteroatoms. The monoisotopic (exact) mass is 377 g/mol. The maximum Gasteiger partial charge on any atom is 0.319 e. The average molecular weight is 377 g/mol. The van der Waals surface area contributed by atoms with Gasteiger partial charge in [0.15, 0.2) is 0 Å². The molecule has 1 aromatic rings. The van der Waals surface area contributed by atoms with Crippen molar-refractivity contribution in [1.29, 1.82) is 0 Å². The number of benzene rings is 1. The number of hydrogen-bond donors (Lipinski definition) is 4. The molecular formula is C19H24FN3O4. The lowest BCUT2D eigenvalue weighted by atomic mass is 10.0. The Morgan fingerprint density at radius 2 is 2.07 bits per heavy atom. The van der Waals surface area contributed by atoms with Crippen LogP contribution in [0, 0.1) is 11.7 Å². The molecule has 4 N–H and O–H groups in total. The van der Waals surface area contributed by atoms with Gasteiger partial charge in [-0.15, -0.1) is 0 Å². The van der Waals surface area contributed by atoms with Gasteiger partial charge in [-0.3, -0.25) is 4.79 Å². The van der Waals surface area contributed by atoms with Crippen molar-refractivity contribution in [3.63, 3.8) is 0 Å². The van der Waals surface area contributed by atoms with Gasteiger partial charge in [0.2, 0.25) is 5.91 Å². The van der Waals surface area contributed by atoms with E-state index in [0.717, 1.165) is 12.8 Å². The summed E-state index contributed by atoms with van der Waals surface area (Å²) in [5, 5.41) is 17.6. The van der Waals surface area contributed by atoms with Crippen molar-refractivity contribution in [2.75, 3.05) is 18.5 Å². The van der Waals surface area contributed by atoms with Gasteiger partial charge in [-0.25, -0.2) is 9.18 Å². The van der Waals surface area contributed by atoms with Gasteiger partial charge in [0, 0.05) is 12.2 Å². The van der Waals surface area contributed by atoms with Gasteiger partial charge in [0.1, 0.15) is 11.9 Å². The first-order valence-corrected chi connectivity index (χ1v) is 9.08. The smallest absolute Gasteiger partial charge is 0.319 e. The van der Waals surface area contributed by atoms with E-state index >= 15 is 0 Å². The molecule has 0 unspecified atom stereocenters. The minimum atomic E-state index is -0.672. The fourth-order valence-corrected chi connectivity index (χ4v) is 2.86. The van der Waals surface area contributed by atoms with Crippen LogP contribution in [0.15, 0.2) is 36.4 Å². The van der Waals surface area contributed by atoms with Crippen LogP contribution in [-0.2, 0) is 9.53 Å².